The molecule has 0 spiro atoms. The molecule has 2 fully saturated rings. The zero-order valence-corrected chi connectivity index (χ0v) is 15.7. The molecule has 5 nitrogen and oxygen atoms in total. The van der Waals surface area contributed by atoms with Gasteiger partial charge in [-0.1, -0.05) is 25.3 Å². The monoisotopic (exact) mass is 370 g/mol. The molecule has 2 aromatic heterocycles. The summed E-state index contributed by atoms with van der Waals surface area (Å²) in [6, 6.07) is 10.9. The third kappa shape index (κ3) is 3.23. The summed E-state index contributed by atoms with van der Waals surface area (Å²) in [6.45, 7) is 0.604. The summed E-state index contributed by atoms with van der Waals surface area (Å²) < 4.78 is 2.44. The lowest BCUT2D eigenvalue weighted by atomic mass is 9.94. The van der Waals surface area contributed by atoms with Gasteiger partial charge in [0.1, 0.15) is 0 Å². The molecule has 1 aliphatic heterocycles. The summed E-state index contributed by atoms with van der Waals surface area (Å²) in [5.41, 5.74) is 2.24. The highest BCUT2D eigenvalue weighted by atomic mass is 32.1. The molecule has 6 heteroatoms. The Labute approximate surface area is 160 Å². The Morgan fingerprint density at radius 2 is 2.00 bits per heavy atom. The van der Waals surface area contributed by atoms with Crippen molar-refractivity contribution in [2.45, 2.75) is 50.2 Å². The number of nitrogens with one attached hydrogen (secondary N) is 1. The summed E-state index contributed by atoms with van der Waals surface area (Å²) in [4.78, 5) is 6.69. The summed E-state index contributed by atoms with van der Waals surface area (Å²) in [6.07, 6.45) is 10.4. The van der Waals surface area contributed by atoms with Gasteiger partial charge in [-0.05, 0) is 49.3 Å². The van der Waals surface area contributed by atoms with E-state index in [0.717, 1.165) is 5.69 Å². The van der Waals surface area contributed by atoms with E-state index < -0.39 is 0 Å². The molecule has 138 valence electrons. The van der Waals surface area contributed by atoms with Crippen molar-refractivity contribution in [3.8, 4) is 0 Å². The minimum atomic E-state index is -0.00695. The molecule has 0 aromatic carbocycles. The molecule has 2 aromatic rings. The number of nitrogens with zero attached hydrogens (tertiary/aromatic N) is 3. The highest BCUT2D eigenvalue weighted by Gasteiger charge is 2.41. The fourth-order valence-electron chi connectivity index (χ4n) is 4.43. The largest absolute Gasteiger partial charge is 0.395 e. The number of pyridine rings is 1. The SMILES string of the molecule is OCCN1C(=S)NC(c2ccccn2)C1c1cccn1C1CCCCC1. The Hall–Kier alpha value is -1.92. The van der Waals surface area contributed by atoms with E-state index in [1.165, 1.54) is 37.8 Å². The van der Waals surface area contributed by atoms with Crippen molar-refractivity contribution in [2.24, 2.45) is 0 Å². The molecular weight excluding hydrogens is 344 g/mol. The standard InChI is InChI=1S/C20H26N4OS/c25-14-13-24-19(18(22-20(24)26)16-9-4-5-11-21-16)17-10-6-12-23(17)15-7-2-1-3-8-15/h4-6,9-12,15,18-19,25H,1-3,7-8,13-14H2,(H,22,26). The predicted octanol–water partition coefficient (Wildman–Crippen LogP) is 3.35. The van der Waals surface area contributed by atoms with Crippen molar-refractivity contribution in [3.63, 3.8) is 0 Å². The van der Waals surface area contributed by atoms with Gasteiger partial charge >= 0.3 is 0 Å². The number of hydrogen-bond donors (Lipinski definition) is 2. The molecule has 1 saturated heterocycles. The van der Waals surface area contributed by atoms with Crippen LogP contribution in [0, 0.1) is 0 Å². The van der Waals surface area contributed by atoms with Crippen molar-refractivity contribution in [2.75, 3.05) is 13.2 Å². The summed E-state index contributed by atoms with van der Waals surface area (Å²) in [5, 5.41) is 13.7. The molecule has 0 bridgehead atoms. The molecule has 2 aliphatic rings. The fraction of sp³-hybridized carbons (Fsp3) is 0.500. The van der Waals surface area contributed by atoms with Crippen LogP contribution in [0.4, 0.5) is 0 Å². The van der Waals surface area contributed by atoms with E-state index in [1.54, 1.807) is 0 Å². The lowest BCUT2D eigenvalue weighted by Crippen LogP contribution is -2.33. The van der Waals surface area contributed by atoms with Gasteiger partial charge < -0.3 is 19.9 Å². The number of hydrogen-bond acceptors (Lipinski definition) is 3. The number of aromatic nitrogens is 2. The molecule has 0 amide bonds. The van der Waals surface area contributed by atoms with Gasteiger partial charge in [-0.3, -0.25) is 4.98 Å². The maximum atomic E-state index is 9.58. The van der Waals surface area contributed by atoms with Gasteiger partial charge in [-0.25, -0.2) is 0 Å². The quantitative estimate of drug-likeness (QED) is 0.791. The lowest BCUT2D eigenvalue weighted by Gasteiger charge is -2.32. The number of aliphatic hydroxyl groups is 1. The van der Waals surface area contributed by atoms with Gasteiger partial charge in [-0.15, -0.1) is 0 Å². The summed E-state index contributed by atoms with van der Waals surface area (Å²) in [5.74, 6) is 0. The molecule has 3 heterocycles. The highest BCUT2D eigenvalue weighted by Crippen LogP contribution is 2.40. The molecule has 1 saturated carbocycles. The van der Waals surface area contributed by atoms with E-state index in [1.807, 2.05) is 24.4 Å². The van der Waals surface area contributed by atoms with E-state index in [-0.39, 0.29) is 18.7 Å². The van der Waals surface area contributed by atoms with Gasteiger partial charge in [0.15, 0.2) is 5.11 Å². The van der Waals surface area contributed by atoms with E-state index in [2.05, 4.69) is 38.1 Å². The Balaban J connectivity index is 1.72. The first-order valence-electron chi connectivity index (χ1n) is 9.55. The van der Waals surface area contributed by atoms with Crippen LogP contribution in [0.15, 0.2) is 42.7 Å². The fourth-order valence-corrected chi connectivity index (χ4v) is 4.76. The predicted molar refractivity (Wildman–Crippen MR) is 106 cm³/mol. The minimum absolute atomic E-state index is 0.00695. The van der Waals surface area contributed by atoms with Gasteiger partial charge in [-0.2, -0.15) is 0 Å². The number of aliphatic hydroxyl groups excluding tert-OH is 1. The topological polar surface area (TPSA) is 53.3 Å². The van der Waals surface area contributed by atoms with Crippen molar-refractivity contribution in [3.05, 3.63) is 54.1 Å². The van der Waals surface area contributed by atoms with E-state index in [0.29, 0.717) is 17.7 Å². The summed E-state index contributed by atoms with van der Waals surface area (Å²) in [7, 11) is 0. The molecular formula is C20H26N4OS. The average molecular weight is 371 g/mol. The number of thiocarbonyl (C=S) groups is 1. The van der Waals surface area contributed by atoms with Gasteiger partial charge in [0.2, 0.25) is 0 Å². The van der Waals surface area contributed by atoms with Crippen molar-refractivity contribution < 1.29 is 5.11 Å². The van der Waals surface area contributed by atoms with Crippen LogP contribution < -0.4 is 5.32 Å². The molecule has 1 aliphatic carbocycles. The maximum absolute atomic E-state index is 9.58. The molecule has 2 atom stereocenters. The lowest BCUT2D eigenvalue weighted by molar-refractivity contribution is 0.214. The highest BCUT2D eigenvalue weighted by molar-refractivity contribution is 7.80. The van der Waals surface area contributed by atoms with Crippen molar-refractivity contribution in [1.29, 1.82) is 0 Å². The Kier molecular flexibility index (Phi) is 5.22. The molecule has 4 rings (SSSR count). The van der Waals surface area contributed by atoms with E-state index >= 15 is 0 Å². The third-order valence-electron chi connectivity index (χ3n) is 5.62. The number of β-amino-alcohol motifs (C(OH)–C–C–N with tert-alkyl or cyclic N) is 1. The number of rotatable bonds is 5. The minimum Gasteiger partial charge on any atom is -0.395 e. The second-order valence-electron chi connectivity index (χ2n) is 7.18. The Morgan fingerprint density at radius 1 is 1.15 bits per heavy atom. The van der Waals surface area contributed by atoms with Crippen molar-refractivity contribution >= 4 is 17.3 Å². The van der Waals surface area contributed by atoms with Gasteiger partial charge in [0, 0.05) is 30.7 Å². The maximum Gasteiger partial charge on any atom is 0.170 e. The van der Waals surface area contributed by atoms with E-state index in [9.17, 15) is 5.11 Å². The van der Waals surface area contributed by atoms with Crippen molar-refractivity contribution in [1.82, 2.24) is 19.8 Å². The van der Waals surface area contributed by atoms with Crippen LogP contribution in [0.1, 0.15) is 61.6 Å². The van der Waals surface area contributed by atoms with Gasteiger partial charge in [0.25, 0.3) is 0 Å². The van der Waals surface area contributed by atoms with E-state index in [4.69, 9.17) is 12.2 Å². The molecule has 2 N–H and O–H groups in total. The first-order chi connectivity index (χ1) is 12.8. The zero-order chi connectivity index (χ0) is 17.9. The summed E-state index contributed by atoms with van der Waals surface area (Å²) >= 11 is 5.60. The van der Waals surface area contributed by atoms with Crippen LogP contribution >= 0.6 is 12.2 Å². The second-order valence-corrected chi connectivity index (χ2v) is 7.56. The first kappa shape index (κ1) is 17.5. The first-order valence-corrected chi connectivity index (χ1v) is 9.96. The molecule has 26 heavy (non-hydrogen) atoms. The average Bonchev–Trinajstić information content (AvgIpc) is 3.28. The third-order valence-corrected chi connectivity index (χ3v) is 5.97. The normalized spacial score (nSPS) is 24.0. The van der Waals surface area contributed by atoms with Crippen LogP contribution in [0.5, 0.6) is 0 Å². The zero-order valence-electron chi connectivity index (χ0n) is 14.9. The molecule has 0 radical (unpaired) electrons. The van der Waals surface area contributed by atoms with Crippen LogP contribution in [0.25, 0.3) is 0 Å². The van der Waals surface area contributed by atoms with Crippen LogP contribution in [-0.4, -0.2) is 37.8 Å². The smallest absolute Gasteiger partial charge is 0.170 e. The Morgan fingerprint density at radius 3 is 2.73 bits per heavy atom. The van der Waals surface area contributed by atoms with Crippen LogP contribution in [0.2, 0.25) is 0 Å². The van der Waals surface area contributed by atoms with Gasteiger partial charge in [0.05, 0.1) is 24.4 Å². The molecule has 2 unspecified atom stereocenters. The Bertz CT molecular complexity index is 741. The van der Waals surface area contributed by atoms with Crippen LogP contribution in [-0.2, 0) is 0 Å². The second kappa shape index (κ2) is 7.76. The van der Waals surface area contributed by atoms with Crippen LogP contribution in [0.3, 0.4) is 0 Å².